The molecule has 4 heterocycles. The van der Waals surface area contributed by atoms with Gasteiger partial charge in [0.05, 0.1) is 11.0 Å². The van der Waals surface area contributed by atoms with Crippen LogP contribution in [0.1, 0.15) is 29.8 Å². The van der Waals surface area contributed by atoms with Crippen molar-refractivity contribution in [2.24, 2.45) is 12.4 Å². The van der Waals surface area contributed by atoms with Crippen molar-refractivity contribution in [3.63, 3.8) is 0 Å². The fourth-order valence-electron chi connectivity index (χ4n) is 5.71. The molecule has 3 fully saturated rings. The number of pyridine rings is 1. The van der Waals surface area contributed by atoms with Gasteiger partial charge in [-0.2, -0.15) is 4.31 Å². The van der Waals surface area contributed by atoms with E-state index in [1.54, 1.807) is 12.1 Å². The van der Waals surface area contributed by atoms with E-state index in [4.69, 9.17) is 4.11 Å². The second kappa shape index (κ2) is 7.87. The highest BCUT2D eigenvalue weighted by Gasteiger charge is 2.70. The SMILES string of the molecule is [2H]C([2H])([2H])n1cc(-c2cc(S(=O)(=O)N3CC[C@H](O)C3)ccc2N2CCC3(CC2)CC3(F)F)c2cc[nH]c2c1=O. The Bertz CT molecular complexity index is 1630. The van der Waals surface area contributed by atoms with Gasteiger partial charge in [0, 0.05) is 83.7 Å². The maximum Gasteiger partial charge on any atom is 0.274 e. The molecule has 2 saturated heterocycles. The number of aliphatic hydroxyl groups is 1. The van der Waals surface area contributed by atoms with Crippen molar-refractivity contribution in [3.8, 4) is 11.1 Å². The van der Waals surface area contributed by atoms with Gasteiger partial charge in [-0.25, -0.2) is 17.2 Å². The number of alkyl halides is 2. The summed E-state index contributed by atoms with van der Waals surface area (Å²) in [6.07, 6.45) is 2.69. The van der Waals surface area contributed by atoms with Gasteiger partial charge in [-0.1, -0.05) is 0 Å². The minimum atomic E-state index is -3.99. The number of sulfonamides is 1. The molecular weight excluding hydrogens is 490 g/mol. The van der Waals surface area contributed by atoms with Crippen LogP contribution in [-0.2, 0) is 17.0 Å². The Kier molecular flexibility index (Phi) is 4.44. The Morgan fingerprint density at radius 3 is 2.56 bits per heavy atom. The highest BCUT2D eigenvalue weighted by molar-refractivity contribution is 7.89. The van der Waals surface area contributed by atoms with Gasteiger partial charge in [0.25, 0.3) is 11.5 Å². The fourth-order valence-corrected chi connectivity index (χ4v) is 7.23. The number of β-amino-alcohol motifs (C(OH)–C–C–N with tert-alkyl or cyclic N) is 1. The Labute approximate surface area is 211 Å². The number of fused-ring (bicyclic) bond motifs is 1. The summed E-state index contributed by atoms with van der Waals surface area (Å²) in [6.45, 7) is -2.02. The predicted octanol–water partition coefficient (Wildman–Crippen LogP) is 2.91. The monoisotopic (exact) mass is 521 g/mol. The molecule has 0 radical (unpaired) electrons. The highest BCUT2D eigenvalue weighted by atomic mass is 32.2. The normalized spacial score (nSPS) is 25.1. The van der Waals surface area contributed by atoms with E-state index in [2.05, 4.69) is 4.98 Å². The molecule has 2 N–H and O–H groups in total. The van der Waals surface area contributed by atoms with Gasteiger partial charge in [0.2, 0.25) is 10.0 Å². The first-order valence-corrected chi connectivity index (χ1v) is 13.4. The maximum absolute atomic E-state index is 14.0. The van der Waals surface area contributed by atoms with Crippen LogP contribution in [0, 0.1) is 5.41 Å². The standard InChI is InChI=1S/C25H28F2N4O4S/c1-29-14-20(18-4-8-28-22(18)23(29)33)19-12-17(36(34,35)31-9-5-16(32)13-31)2-3-21(19)30-10-6-24(7-11-30)15-25(24,26)27/h2-4,8,12,14,16,28,32H,5-7,9-11,13,15H2,1H3/t16-/m0/s1/i1D3. The van der Waals surface area contributed by atoms with Gasteiger partial charge in [-0.15, -0.1) is 0 Å². The van der Waals surface area contributed by atoms with E-state index in [0.717, 1.165) is 0 Å². The molecule has 11 heteroatoms. The summed E-state index contributed by atoms with van der Waals surface area (Å²) in [6, 6.07) is 6.12. The average Bonchev–Trinajstić information content (AvgIpc) is 3.30. The second-order valence-corrected chi connectivity index (χ2v) is 12.1. The third-order valence-electron chi connectivity index (χ3n) is 8.02. The molecule has 192 valence electrons. The van der Waals surface area contributed by atoms with E-state index >= 15 is 0 Å². The lowest BCUT2D eigenvalue weighted by Gasteiger charge is -2.35. The molecule has 3 aromatic rings. The lowest BCUT2D eigenvalue weighted by molar-refractivity contribution is 0.0537. The van der Waals surface area contributed by atoms with Crippen LogP contribution in [0.4, 0.5) is 14.5 Å². The summed E-state index contributed by atoms with van der Waals surface area (Å²) in [5.41, 5.74) is -0.421. The van der Waals surface area contributed by atoms with E-state index in [1.807, 2.05) is 4.90 Å². The third-order valence-corrected chi connectivity index (χ3v) is 9.88. The van der Waals surface area contributed by atoms with Crippen LogP contribution < -0.4 is 10.5 Å². The van der Waals surface area contributed by atoms with Crippen LogP contribution in [0.25, 0.3) is 22.0 Å². The van der Waals surface area contributed by atoms with Crippen molar-refractivity contribution in [2.75, 3.05) is 31.1 Å². The summed E-state index contributed by atoms with van der Waals surface area (Å²) < 4.78 is 80.5. The van der Waals surface area contributed by atoms with E-state index < -0.39 is 40.0 Å². The molecule has 2 aliphatic heterocycles. The number of benzene rings is 1. The summed E-state index contributed by atoms with van der Waals surface area (Å²) >= 11 is 0. The van der Waals surface area contributed by atoms with Gasteiger partial charge in [0.15, 0.2) is 0 Å². The van der Waals surface area contributed by atoms with E-state index in [0.29, 0.717) is 46.3 Å². The summed E-state index contributed by atoms with van der Waals surface area (Å²) in [7, 11) is -3.99. The van der Waals surface area contributed by atoms with E-state index in [9.17, 15) is 27.1 Å². The van der Waals surface area contributed by atoms with Gasteiger partial charge in [-0.3, -0.25) is 4.79 Å². The molecule has 36 heavy (non-hydrogen) atoms. The van der Waals surface area contributed by atoms with Crippen molar-refractivity contribution >= 4 is 26.6 Å². The first kappa shape index (κ1) is 20.3. The lowest BCUT2D eigenvalue weighted by atomic mass is 9.91. The molecule has 8 nitrogen and oxygen atoms in total. The Balaban J connectivity index is 1.51. The number of piperidine rings is 1. The van der Waals surface area contributed by atoms with Crippen molar-refractivity contribution in [3.05, 3.63) is 47.0 Å². The van der Waals surface area contributed by atoms with Crippen LogP contribution in [0.2, 0.25) is 0 Å². The Morgan fingerprint density at radius 1 is 1.17 bits per heavy atom. The average molecular weight is 522 g/mol. The molecule has 0 amide bonds. The molecule has 0 bridgehead atoms. The van der Waals surface area contributed by atoms with Crippen LogP contribution in [0.5, 0.6) is 0 Å². The number of nitrogens with zero attached hydrogens (tertiary/aromatic N) is 3. The first-order chi connectivity index (χ1) is 18.2. The number of hydrogen-bond donors (Lipinski definition) is 2. The number of halogens is 2. The molecule has 1 spiro atoms. The molecular formula is C25H28F2N4O4S. The number of aromatic nitrogens is 2. The first-order valence-electron chi connectivity index (χ1n) is 13.4. The minimum absolute atomic E-state index is 0.0339. The molecule has 3 aliphatic rings. The largest absolute Gasteiger partial charge is 0.392 e. The van der Waals surface area contributed by atoms with Crippen LogP contribution >= 0.6 is 0 Å². The van der Waals surface area contributed by atoms with Crippen LogP contribution in [-0.4, -0.2) is 65.6 Å². The van der Waals surface area contributed by atoms with Crippen LogP contribution in [0.15, 0.2) is 46.3 Å². The molecule has 1 aliphatic carbocycles. The summed E-state index contributed by atoms with van der Waals surface area (Å²) in [5, 5.41) is 10.3. The number of rotatable bonds is 4. The van der Waals surface area contributed by atoms with Crippen molar-refractivity contribution < 1.29 is 26.4 Å². The van der Waals surface area contributed by atoms with Gasteiger partial charge < -0.3 is 19.6 Å². The molecule has 2 aromatic heterocycles. The van der Waals surface area contributed by atoms with Gasteiger partial charge in [0.1, 0.15) is 5.52 Å². The predicted molar refractivity (Wildman–Crippen MR) is 132 cm³/mol. The number of aliphatic hydroxyl groups excluding tert-OH is 1. The Hall–Kier alpha value is -2.76. The summed E-state index contributed by atoms with van der Waals surface area (Å²) in [5.74, 6) is -2.67. The number of aromatic amines is 1. The number of aryl methyl sites for hydroxylation is 1. The zero-order valence-corrected chi connectivity index (χ0v) is 20.2. The smallest absolute Gasteiger partial charge is 0.274 e. The van der Waals surface area contributed by atoms with Gasteiger partial charge >= 0.3 is 0 Å². The van der Waals surface area contributed by atoms with Crippen LogP contribution in [0.3, 0.4) is 0 Å². The molecule has 1 saturated carbocycles. The number of H-pyrrole nitrogens is 1. The molecule has 1 aromatic carbocycles. The minimum Gasteiger partial charge on any atom is -0.392 e. The zero-order valence-electron chi connectivity index (χ0n) is 22.4. The number of hydrogen-bond acceptors (Lipinski definition) is 5. The van der Waals surface area contributed by atoms with E-state index in [-0.39, 0.29) is 42.8 Å². The maximum atomic E-state index is 14.0. The molecule has 0 unspecified atom stereocenters. The number of anilines is 1. The van der Waals surface area contributed by atoms with Crippen molar-refractivity contribution in [2.45, 2.75) is 42.6 Å². The summed E-state index contributed by atoms with van der Waals surface area (Å²) in [4.78, 5) is 17.6. The van der Waals surface area contributed by atoms with Crippen molar-refractivity contribution in [1.29, 1.82) is 0 Å². The van der Waals surface area contributed by atoms with E-state index in [1.165, 1.54) is 28.8 Å². The van der Waals surface area contributed by atoms with Gasteiger partial charge in [-0.05, 0) is 43.5 Å². The fraction of sp³-hybridized carbons (Fsp3) is 0.480. The Morgan fingerprint density at radius 2 is 1.92 bits per heavy atom. The quantitative estimate of drug-likeness (QED) is 0.550. The zero-order chi connectivity index (χ0) is 28.0. The topological polar surface area (TPSA) is 98.6 Å². The molecule has 1 atom stereocenters. The highest BCUT2D eigenvalue weighted by Crippen LogP contribution is 2.66. The lowest BCUT2D eigenvalue weighted by Crippen LogP contribution is -2.37. The third kappa shape index (κ3) is 3.51. The van der Waals surface area contributed by atoms with Crippen molar-refractivity contribution in [1.82, 2.24) is 13.9 Å². The number of nitrogens with one attached hydrogen (secondary N) is 1. The molecule has 6 rings (SSSR count). The second-order valence-electron chi connectivity index (χ2n) is 10.1.